The van der Waals surface area contributed by atoms with Gasteiger partial charge in [0, 0.05) is 49.8 Å². The van der Waals surface area contributed by atoms with Gasteiger partial charge in [-0.3, -0.25) is 19.0 Å². The van der Waals surface area contributed by atoms with E-state index in [4.69, 9.17) is 4.74 Å². The van der Waals surface area contributed by atoms with Gasteiger partial charge in [0.25, 0.3) is 10.0 Å². The third-order valence-electron chi connectivity index (χ3n) is 9.44. The molecule has 4 heterocycles. The van der Waals surface area contributed by atoms with Crippen LogP contribution in [0.1, 0.15) is 52.7 Å². The summed E-state index contributed by atoms with van der Waals surface area (Å²) < 4.78 is 34.9. The van der Waals surface area contributed by atoms with Gasteiger partial charge in [0.1, 0.15) is 5.75 Å². The maximum atomic E-state index is 14.0. The topological polar surface area (TPSA) is 83.0 Å². The molecular weight excluding hydrogens is 548 g/mol. The monoisotopic (exact) mass is 588 g/mol. The van der Waals surface area contributed by atoms with Crippen LogP contribution in [0.2, 0.25) is 0 Å². The molecule has 2 saturated heterocycles. The standard InChI is InChI=1S/C33H40N4O4S/c1-24-19-29(41-3)20-25(2)32(24)42(39,40)37-15-4-5-26-6-7-27(21-30(26)37)31(38)22-35-16-10-33(23-35)11-17-36(18-12-33)28-8-13-34-14-9-28/h6-9,13-14,19-21H,4-5,10-12,15-18,22-23H2,1-3H3. The summed E-state index contributed by atoms with van der Waals surface area (Å²) in [5.41, 5.74) is 4.97. The minimum atomic E-state index is -3.82. The summed E-state index contributed by atoms with van der Waals surface area (Å²) in [4.78, 5) is 22.7. The summed E-state index contributed by atoms with van der Waals surface area (Å²) in [6.45, 7) is 8.26. The number of Topliss-reactive ketones (excluding diaryl/α,β-unsaturated/α-hetero) is 1. The number of fused-ring (bicyclic) bond motifs is 1. The highest BCUT2D eigenvalue weighted by atomic mass is 32.2. The number of likely N-dealkylation sites (tertiary alicyclic amines) is 1. The first-order chi connectivity index (χ1) is 20.2. The van der Waals surface area contributed by atoms with Crippen molar-refractivity contribution in [2.75, 3.05) is 55.6 Å². The third-order valence-corrected chi connectivity index (χ3v) is 11.6. The minimum Gasteiger partial charge on any atom is -0.497 e. The Kier molecular flexibility index (Phi) is 7.74. The van der Waals surface area contributed by atoms with E-state index in [0.29, 0.717) is 46.1 Å². The van der Waals surface area contributed by atoms with Gasteiger partial charge in [-0.25, -0.2) is 8.42 Å². The number of carbonyl (C=O) groups is 1. The van der Waals surface area contributed by atoms with Gasteiger partial charge in [-0.2, -0.15) is 0 Å². The maximum Gasteiger partial charge on any atom is 0.264 e. The van der Waals surface area contributed by atoms with Crippen molar-refractivity contribution < 1.29 is 17.9 Å². The lowest BCUT2D eigenvalue weighted by Gasteiger charge is -2.40. The molecule has 0 bridgehead atoms. The van der Waals surface area contributed by atoms with Crippen LogP contribution in [-0.2, 0) is 16.4 Å². The Morgan fingerprint density at radius 1 is 0.952 bits per heavy atom. The summed E-state index contributed by atoms with van der Waals surface area (Å²) in [7, 11) is -2.24. The molecule has 0 atom stereocenters. The number of aryl methyl sites for hydroxylation is 3. The zero-order chi connectivity index (χ0) is 29.5. The lowest BCUT2D eigenvalue weighted by molar-refractivity contribution is 0.0934. The van der Waals surface area contributed by atoms with E-state index in [9.17, 15) is 13.2 Å². The predicted molar refractivity (Wildman–Crippen MR) is 165 cm³/mol. The fourth-order valence-electron chi connectivity index (χ4n) is 7.17. The highest BCUT2D eigenvalue weighted by Crippen LogP contribution is 2.41. The minimum absolute atomic E-state index is 0.0452. The van der Waals surface area contributed by atoms with E-state index in [0.717, 1.165) is 63.8 Å². The predicted octanol–water partition coefficient (Wildman–Crippen LogP) is 5.02. The summed E-state index contributed by atoms with van der Waals surface area (Å²) >= 11 is 0. The van der Waals surface area contributed by atoms with Gasteiger partial charge < -0.3 is 9.64 Å². The molecule has 0 N–H and O–H groups in total. The molecule has 0 unspecified atom stereocenters. The zero-order valence-corrected chi connectivity index (χ0v) is 25.6. The Labute approximate surface area is 249 Å². The zero-order valence-electron chi connectivity index (χ0n) is 24.8. The van der Waals surface area contributed by atoms with E-state index in [2.05, 4.69) is 26.9 Å². The fourth-order valence-corrected chi connectivity index (χ4v) is 9.12. The number of pyridine rings is 1. The first-order valence-electron chi connectivity index (χ1n) is 14.9. The molecule has 6 rings (SSSR count). The summed E-state index contributed by atoms with van der Waals surface area (Å²) in [5, 5.41) is 0. The number of benzene rings is 2. The summed E-state index contributed by atoms with van der Waals surface area (Å²) in [5.74, 6) is 0.683. The quantitative estimate of drug-likeness (QED) is 0.358. The lowest BCUT2D eigenvalue weighted by atomic mass is 9.77. The molecule has 42 heavy (non-hydrogen) atoms. The van der Waals surface area contributed by atoms with Gasteiger partial charge in [-0.05, 0) is 105 Å². The van der Waals surface area contributed by atoms with Gasteiger partial charge >= 0.3 is 0 Å². The number of piperidine rings is 1. The SMILES string of the molecule is COc1cc(C)c(S(=O)(=O)N2CCCc3ccc(C(=O)CN4CCC5(CCN(c6ccncc6)CC5)C4)cc32)c(C)c1. The first kappa shape index (κ1) is 28.7. The van der Waals surface area contributed by atoms with Gasteiger partial charge in [0.15, 0.2) is 5.78 Å². The number of anilines is 2. The number of carbonyl (C=O) groups excluding carboxylic acids is 1. The Morgan fingerprint density at radius 2 is 1.64 bits per heavy atom. The van der Waals surface area contributed by atoms with E-state index in [1.165, 1.54) is 9.99 Å². The second kappa shape index (κ2) is 11.3. The van der Waals surface area contributed by atoms with Crippen LogP contribution < -0.4 is 13.9 Å². The number of nitrogens with zero attached hydrogens (tertiary/aromatic N) is 4. The maximum absolute atomic E-state index is 14.0. The average molecular weight is 589 g/mol. The molecule has 0 aliphatic carbocycles. The number of ketones is 1. The van der Waals surface area contributed by atoms with Crippen LogP contribution in [0, 0.1) is 19.3 Å². The van der Waals surface area contributed by atoms with Crippen LogP contribution in [0.5, 0.6) is 5.75 Å². The number of methoxy groups -OCH3 is 1. The second-order valence-electron chi connectivity index (χ2n) is 12.2. The van der Waals surface area contributed by atoms with Gasteiger partial charge in [-0.15, -0.1) is 0 Å². The Bertz CT molecular complexity index is 1560. The van der Waals surface area contributed by atoms with E-state index >= 15 is 0 Å². The van der Waals surface area contributed by atoms with Crippen molar-refractivity contribution in [3.63, 3.8) is 0 Å². The third kappa shape index (κ3) is 5.40. The molecule has 3 aliphatic heterocycles. The molecule has 0 saturated carbocycles. The fraction of sp³-hybridized carbons (Fsp3) is 0.455. The Hall–Kier alpha value is -3.43. The van der Waals surface area contributed by atoms with Crippen molar-refractivity contribution in [3.8, 4) is 5.75 Å². The molecule has 2 fully saturated rings. The molecule has 3 aliphatic rings. The number of aromatic nitrogens is 1. The molecule has 222 valence electrons. The Balaban J connectivity index is 1.16. The van der Waals surface area contributed by atoms with Crippen molar-refractivity contribution in [2.24, 2.45) is 5.41 Å². The van der Waals surface area contributed by atoms with E-state index in [1.807, 2.05) is 30.6 Å². The van der Waals surface area contributed by atoms with Crippen LogP contribution in [0.4, 0.5) is 11.4 Å². The van der Waals surface area contributed by atoms with Gasteiger partial charge in [0.2, 0.25) is 0 Å². The molecule has 0 amide bonds. The summed E-state index contributed by atoms with van der Waals surface area (Å²) in [6, 6.07) is 13.3. The van der Waals surface area contributed by atoms with Gasteiger partial charge in [0.05, 0.1) is 24.2 Å². The van der Waals surface area contributed by atoms with Crippen LogP contribution in [-0.4, -0.2) is 70.5 Å². The van der Waals surface area contributed by atoms with E-state index < -0.39 is 10.0 Å². The smallest absolute Gasteiger partial charge is 0.264 e. The van der Waals surface area contributed by atoms with Crippen molar-refractivity contribution >= 4 is 27.2 Å². The van der Waals surface area contributed by atoms with Gasteiger partial charge in [-0.1, -0.05) is 12.1 Å². The van der Waals surface area contributed by atoms with E-state index in [-0.39, 0.29) is 11.2 Å². The molecule has 1 spiro atoms. The van der Waals surface area contributed by atoms with Crippen LogP contribution >= 0.6 is 0 Å². The molecule has 3 aromatic rings. The van der Waals surface area contributed by atoms with Crippen molar-refractivity contribution in [1.29, 1.82) is 0 Å². The van der Waals surface area contributed by atoms with Crippen LogP contribution in [0.15, 0.2) is 59.8 Å². The highest BCUT2D eigenvalue weighted by Gasteiger charge is 2.41. The molecule has 0 radical (unpaired) electrons. The van der Waals surface area contributed by atoms with Crippen LogP contribution in [0.25, 0.3) is 0 Å². The van der Waals surface area contributed by atoms with Crippen molar-refractivity contribution in [1.82, 2.24) is 9.88 Å². The van der Waals surface area contributed by atoms with Crippen LogP contribution in [0.3, 0.4) is 0 Å². The van der Waals surface area contributed by atoms with Crippen molar-refractivity contribution in [2.45, 2.75) is 50.8 Å². The second-order valence-corrected chi connectivity index (χ2v) is 14.0. The first-order valence-corrected chi connectivity index (χ1v) is 16.3. The number of hydrogen-bond acceptors (Lipinski definition) is 7. The molecule has 1 aromatic heterocycles. The highest BCUT2D eigenvalue weighted by molar-refractivity contribution is 7.93. The number of hydrogen-bond donors (Lipinski definition) is 0. The Morgan fingerprint density at radius 3 is 2.33 bits per heavy atom. The molecular formula is C33H40N4O4S. The number of sulfonamides is 1. The molecule has 9 heteroatoms. The molecule has 2 aromatic carbocycles. The lowest BCUT2D eigenvalue weighted by Crippen LogP contribution is -2.42. The summed E-state index contributed by atoms with van der Waals surface area (Å²) in [6.07, 6.45) is 8.58. The van der Waals surface area contributed by atoms with Crippen molar-refractivity contribution in [3.05, 3.63) is 77.1 Å². The average Bonchev–Trinajstić information content (AvgIpc) is 3.38. The molecule has 8 nitrogen and oxygen atoms in total. The van der Waals surface area contributed by atoms with E-state index in [1.54, 1.807) is 33.1 Å². The number of ether oxygens (including phenoxy) is 1. The number of rotatable bonds is 7. The largest absolute Gasteiger partial charge is 0.497 e. The normalized spacial score (nSPS) is 18.7.